The highest BCUT2D eigenvalue weighted by Crippen LogP contribution is 2.08. The van der Waals surface area contributed by atoms with E-state index in [2.05, 4.69) is 0 Å². The second-order valence-corrected chi connectivity index (χ2v) is 5.04. The van der Waals surface area contributed by atoms with Crippen LogP contribution in [0.4, 0.5) is 5.69 Å². The van der Waals surface area contributed by atoms with Crippen LogP contribution in [0.1, 0.15) is 12.0 Å². The summed E-state index contributed by atoms with van der Waals surface area (Å²) in [5.74, 6) is 1.19. The molecule has 0 bridgehead atoms. The highest BCUT2D eigenvalue weighted by Gasteiger charge is 2.07. The van der Waals surface area contributed by atoms with Gasteiger partial charge in [0.15, 0.2) is 0 Å². The van der Waals surface area contributed by atoms with Gasteiger partial charge in [-0.2, -0.15) is 11.8 Å². The van der Waals surface area contributed by atoms with E-state index < -0.39 is 0 Å². The molecule has 0 spiro atoms. The van der Waals surface area contributed by atoms with Crippen molar-refractivity contribution in [3.8, 4) is 0 Å². The summed E-state index contributed by atoms with van der Waals surface area (Å²) in [5, 5.41) is 0. The van der Waals surface area contributed by atoms with Gasteiger partial charge >= 0.3 is 0 Å². The molecule has 0 saturated carbocycles. The van der Waals surface area contributed by atoms with Crippen molar-refractivity contribution in [2.45, 2.75) is 12.8 Å². The molecule has 0 radical (unpaired) electrons. The van der Waals surface area contributed by atoms with Gasteiger partial charge in [0.05, 0.1) is 0 Å². The lowest BCUT2D eigenvalue weighted by Crippen LogP contribution is -2.29. The van der Waals surface area contributed by atoms with Crippen molar-refractivity contribution in [1.29, 1.82) is 0 Å². The maximum absolute atomic E-state index is 11.8. The van der Waals surface area contributed by atoms with Gasteiger partial charge in [-0.3, -0.25) is 4.79 Å². The molecule has 94 valence electrons. The summed E-state index contributed by atoms with van der Waals surface area (Å²) in [6.45, 7) is 0.821. The summed E-state index contributed by atoms with van der Waals surface area (Å²) in [5.41, 5.74) is 7.53. The molecule has 1 rings (SSSR count). The minimum Gasteiger partial charge on any atom is -0.399 e. The fourth-order valence-corrected chi connectivity index (χ4v) is 1.94. The second kappa shape index (κ2) is 7.22. The zero-order valence-corrected chi connectivity index (χ0v) is 11.3. The second-order valence-electron chi connectivity index (χ2n) is 4.05. The zero-order chi connectivity index (χ0) is 12.7. The largest absolute Gasteiger partial charge is 0.399 e. The smallest absolute Gasteiger partial charge is 0.222 e. The third-order valence-electron chi connectivity index (χ3n) is 2.66. The van der Waals surface area contributed by atoms with E-state index in [1.165, 1.54) is 0 Å². The number of thioether (sulfide) groups is 1. The summed E-state index contributed by atoms with van der Waals surface area (Å²) < 4.78 is 0. The van der Waals surface area contributed by atoms with E-state index in [0.29, 0.717) is 6.42 Å². The number of aryl methyl sites for hydroxylation is 1. The van der Waals surface area contributed by atoms with E-state index in [1.807, 2.05) is 37.6 Å². The minimum atomic E-state index is 0.205. The number of nitrogen functional groups attached to an aromatic ring is 1. The Kier molecular flexibility index (Phi) is 5.91. The molecule has 2 N–H and O–H groups in total. The number of amides is 1. The third kappa shape index (κ3) is 5.13. The molecule has 0 aromatic heterocycles. The summed E-state index contributed by atoms with van der Waals surface area (Å²) in [7, 11) is 1.86. The number of benzene rings is 1. The molecular formula is C13H20N2OS. The van der Waals surface area contributed by atoms with Crippen molar-refractivity contribution in [2.75, 3.05) is 31.3 Å². The van der Waals surface area contributed by atoms with Crippen LogP contribution in [0.15, 0.2) is 24.3 Å². The van der Waals surface area contributed by atoms with Crippen LogP contribution in [0, 0.1) is 0 Å². The number of nitrogens with two attached hydrogens (primary N) is 1. The maximum Gasteiger partial charge on any atom is 0.222 e. The number of hydrogen-bond acceptors (Lipinski definition) is 3. The van der Waals surface area contributed by atoms with Crippen LogP contribution in [0.25, 0.3) is 0 Å². The Hall–Kier alpha value is -1.16. The molecule has 0 aliphatic heterocycles. The lowest BCUT2D eigenvalue weighted by molar-refractivity contribution is -0.129. The molecule has 1 amide bonds. The van der Waals surface area contributed by atoms with Crippen molar-refractivity contribution in [3.63, 3.8) is 0 Å². The van der Waals surface area contributed by atoms with Crippen molar-refractivity contribution in [1.82, 2.24) is 4.90 Å². The lowest BCUT2D eigenvalue weighted by Gasteiger charge is -2.16. The lowest BCUT2D eigenvalue weighted by atomic mass is 10.1. The average Bonchev–Trinajstić information content (AvgIpc) is 2.34. The van der Waals surface area contributed by atoms with Crippen LogP contribution in [-0.2, 0) is 11.2 Å². The van der Waals surface area contributed by atoms with Crippen LogP contribution in [-0.4, -0.2) is 36.4 Å². The van der Waals surface area contributed by atoms with Gasteiger partial charge in [-0.05, 0) is 30.4 Å². The fourth-order valence-electron chi connectivity index (χ4n) is 1.48. The first-order chi connectivity index (χ1) is 8.13. The highest BCUT2D eigenvalue weighted by molar-refractivity contribution is 7.98. The first-order valence-electron chi connectivity index (χ1n) is 5.71. The number of rotatable bonds is 6. The van der Waals surface area contributed by atoms with E-state index in [1.54, 1.807) is 16.7 Å². The van der Waals surface area contributed by atoms with Crippen molar-refractivity contribution < 1.29 is 4.79 Å². The summed E-state index contributed by atoms with van der Waals surface area (Å²) in [4.78, 5) is 13.6. The third-order valence-corrected chi connectivity index (χ3v) is 3.25. The molecule has 0 aliphatic rings. The minimum absolute atomic E-state index is 0.205. The number of carbonyl (C=O) groups is 1. The SMILES string of the molecule is CSCCN(C)C(=O)CCc1ccc(N)cc1. The molecule has 3 nitrogen and oxygen atoms in total. The highest BCUT2D eigenvalue weighted by atomic mass is 32.2. The van der Waals surface area contributed by atoms with Crippen molar-refractivity contribution in [3.05, 3.63) is 29.8 Å². The first-order valence-corrected chi connectivity index (χ1v) is 7.10. The molecule has 0 heterocycles. The number of hydrogen-bond donors (Lipinski definition) is 1. The Morgan fingerprint density at radius 2 is 2.00 bits per heavy atom. The molecule has 0 atom stereocenters. The van der Waals surface area contributed by atoms with E-state index in [4.69, 9.17) is 5.73 Å². The van der Waals surface area contributed by atoms with Crippen LogP contribution in [0.2, 0.25) is 0 Å². The Morgan fingerprint density at radius 1 is 1.35 bits per heavy atom. The zero-order valence-electron chi connectivity index (χ0n) is 10.5. The van der Waals surface area contributed by atoms with E-state index in [9.17, 15) is 4.79 Å². The van der Waals surface area contributed by atoms with E-state index in [0.717, 1.165) is 30.0 Å². The van der Waals surface area contributed by atoms with Gasteiger partial charge in [0.2, 0.25) is 5.91 Å². The van der Waals surface area contributed by atoms with E-state index in [-0.39, 0.29) is 5.91 Å². The maximum atomic E-state index is 11.8. The Labute approximate surface area is 107 Å². The molecule has 0 unspecified atom stereocenters. The van der Waals surface area contributed by atoms with E-state index >= 15 is 0 Å². The molecule has 1 aromatic carbocycles. The predicted molar refractivity (Wildman–Crippen MR) is 75.2 cm³/mol. The van der Waals surface area contributed by atoms with Gasteiger partial charge < -0.3 is 10.6 Å². The van der Waals surface area contributed by atoms with Crippen LogP contribution in [0.5, 0.6) is 0 Å². The molecule has 0 fully saturated rings. The quantitative estimate of drug-likeness (QED) is 0.788. The molecular weight excluding hydrogens is 232 g/mol. The Balaban J connectivity index is 2.34. The van der Waals surface area contributed by atoms with Gasteiger partial charge in [-0.25, -0.2) is 0 Å². The topological polar surface area (TPSA) is 46.3 Å². The molecule has 4 heteroatoms. The van der Waals surface area contributed by atoms with Gasteiger partial charge in [-0.15, -0.1) is 0 Å². The standard InChI is InChI=1S/C13H20N2OS/c1-15(9-10-17-2)13(16)8-5-11-3-6-12(14)7-4-11/h3-4,6-7H,5,8-10,14H2,1-2H3. The fraction of sp³-hybridized carbons (Fsp3) is 0.462. The predicted octanol–water partition coefficient (Wildman–Crippen LogP) is 2.02. The molecule has 1 aromatic rings. The van der Waals surface area contributed by atoms with Gasteiger partial charge in [0, 0.05) is 31.5 Å². The number of anilines is 1. The summed E-state index contributed by atoms with van der Waals surface area (Å²) >= 11 is 1.76. The van der Waals surface area contributed by atoms with Gasteiger partial charge in [0.25, 0.3) is 0 Å². The van der Waals surface area contributed by atoms with Crippen LogP contribution >= 0.6 is 11.8 Å². The molecule has 17 heavy (non-hydrogen) atoms. The average molecular weight is 252 g/mol. The normalized spacial score (nSPS) is 10.2. The van der Waals surface area contributed by atoms with Crippen LogP contribution in [0.3, 0.4) is 0 Å². The Morgan fingerprint density at radius 3 is 2.59 bits per heavy atom. The molecule has 0 aliphatic carbocycles. The molecule has 0 saturated heterocycles. The first kappa shape index (κ1) is 13.9. The van der Waals surface area contributed by atoms with Crippen molar-refractivity contribution in [2.24, 2.45) is 0 Å². The van der Waals surface area contributed by atoms with Crippen LogP contribution < -0.4 is 5.73 Å². The summed E-state index contributed by atoms with van der Waals surface area (Å²) in [6.07, 6.45) is 3.39. The van der Waals surface area contributed by atoms with Gasteiger partial charge in [-0.1, -0.05) is 12.1 Å². The monoisotopic (exact) mass is 252 g/mol. The Bertz CT molecular complexity index is 351. The van der Waals surface area contributed by atoms with Crippen molar-refractivity contribution >= 4 is 23.4 Å². The number of nitrogens with zero attached hydrogens (tertiary/aromatic N) is 1. The number of carbonyl (C=O) groups excluding carboxylic acids is 1. The van der Waals surface area contributed by atoms with Gasteiger partial charge in [0.1, 0.15) is 0 Å². The summed E-state index contributed by atoms with van der Waals surface area (Å²) in [6, 6.07) is 7.70.